The molecule has 0 aliphatic carbocycles. The molecule has 0 saturated heterocycles. The van der Waals surface area contributed by atoms with Gasteiger partial charge in [0, 0.05) is 26.2 Å². The van der Waals surface area contributed by atoms with Crippen LogP contribution in [0.5, 0.6) is 0 Å². The van der Waals surface area contributed by atoms with Crippen molar-refractivity contribution in [2.45, 2.75) is 52.7 Å². The van der Waals surface area contributed by atoms with Crippen molar-refractivity contribution in [1.82, 2.24) is 9.78 Å². The zero-order valence-electron chi connectivity index (χ0n) is 11.4. The second kappa shape index (κ2) is 7.77. The molecule has 0 aromatic carbocycles. The molecular formula is C13H23ClN2O2. The van der Waals surface area contributed by atoms with E-state index < -0.39 is 6.10 Å². The number of aryl methyl sites for hydroxylation is 2. The van der Waals surface area contributed by atoms with Crippen molar-refractivity contribution >= 4 is 11.6 Å². The van der Waals surface area contributed by atoms with Gasteiger partial charge in [-0.1, -0.05) is 18.5 Å². The van der Waals surface area contributed by atoms with Gasteiger partial charge in [0.2, 0.25) is 0 Å². The quantitative estimate of drug-likeness (QED) is 0.741. The Hall–Kier alpha value is -0.580. The summed E-state index contributed by atoms with van der Waals surface area (Å²) in [5, 5.41) is 15.1. The van der Waals surface area contributed by atoms with Crippen LogP contribution in [0.1, 0.15) is 38.6 Å². The Kier molecular flexibility index (Phi) is 6.68. The Morgan fingerprint density at radius 1 is 1.39 bits per heavy atom. The summed E-state index contributed by atoms with van der Waals surface area (Å²) in [6.45, 7) is 8.04. The molecule has 1 rings (SSSR count). The van der Waals surface area contributed by atoms with E-state index >= 15 is 0 Å². The maximum Gasteiger partial charge on any atom is 0.0850 e. The van der Waals surface area contributed by atoms with Gasteiger partial charge in [0.05, 0.1) is 22.5 Å². The first kappa shape index (κ1) is 15.5. The summed E-state index contributed by atoms with van der Waals surface area (Å²) in [6.07, 6.45) is 1.54. The van der Waals surface area contributed by atoms with Crippen LogP contribution in [0.15, 0.2) is 0 Å². The van der Waals surface area contributed by atoms with Gasteiger partial charge < -0.3 is 9.84 Å². The van der Waals surface area contributed by atoms with Gasteiger partial charge in [-0.05, 0) is 26.7 Å². The maximum atomic E-state index is 9.98. The number of nitrogens with zero attached hydrogens (tertiary/aromatic N) is 2. The van der Waals surface area contributed by atoms with Crippen LogP contribution in [0, 0.1) is 0 Å². The molecule has 0 spiro atoms. The molecule has 1 aromatic rings. The molecule has 0 bridgehead atoms. The monoisotopic (exact) mass is 274 g/mol. The topological polar surface area (TPSA) is 47.3 Å². The minimum absolute atomic E-state index is 0.430. The van der Waals surface area contributed by atoms with E-state index in [9.17, 15) is 5.11 Å². The van der Waals surface area contributed by atoms with Gasteiger partial charge in [-0.3, -0.25) is 4.68 Å². The summed E-state index contributed by atoms with van der Waals surface area (Å²) in [6, 6.07) is 0. The fourth-order valence-electron chi connectivity index (χ4n) is 1.90. The molecule has 1 N–H and O–H groups in total. The highest BCUT2D eigenvalue weighted by Crippen LogP contribution is 2.23. The summed E-state index contributed by atoms with van der Waals surface area (Å²) in [5.74, 6) is 0. The van der Waals surface area contributed by atoms with Crippen LogP contribution in [0.25, 0.3) is 0 Å². The molecule has 0 aliphatic heterocycles. The molecule has 0 aliphatic rings. The van der Waals surface area contributed by atoms with Crippen molar-refractivity contribution < 1.29 is 9.84 Å². The fraction of sp³-hybridized carbons (Fsp3) is 0.769. The van der Waals surface area contributed by atoms with E-state index in [1.54, 1.807) is 0 Å². The van der Waals surface area contributed by atoms with E-state index in [1.807, 2.05) is 25.5 Å². The smallest absolute Gasteiger partial charge is 0.0850 e. The van der Waals surface area contributed by atoms with Gasteiger partial charge >= 0.3 is 0 Å². The molecule has 104 valence electrons. The highest BCUT2D eigenvalue weighted by molar-refractivity contribution is 6.31. The first-order valence-corrected chi connectivity index (χ1v) is 7.01. The van der Waals surface area contributed by atoms with Gasteiger partial charge in [-0.25, -0.2) is 0 Å². The van der Waals surface area contributed by atoms with Crippen molar-refractivity contribution in [3.63, 3.8) is 0 Å². The number of hydrogen-bond donors (Lipinski definition) is 1. The van der Waals surface area contributed by atoms with Crippen molar-refractivity contribution in [1.29, 1.82) is 0 Å². The highest BCUT2D eigenvalue weighted by Gasteiger charge is 2.17. The number of rotatable bonds is 8. The Labute approximate surface area is 114 Å². The number of ether oxygens (including phenoxy) is 1. The third-order valence-corrected chi connectivity index (χ3v) is 3.36. The Morgan fingerprint density at radius 2 is 2.11 bits per heavy atom. The first-order chi connectivity index (χ1) is 8.63. The number of hydrogen-bond acceptors (Lipinski definition) is 3. The lowest BCUT2D eigenvalue weighted by Crippen LogP contribution is -2.16. The molecular weight excluding hydrogens is 252 g/mol. The normalized spacial score (nSPS) is 12.9. The van der Waals surface area contributed by atoms with Gasteiger partial charge in [0.1, 0.15) is 0 Å². The molecule has 0 amide bonds. The van der Waals surface area contributed by atoms with Gasteiger partial charge in [-0.15, -0.1) is 0 Å². The average molecular weight is 275 g/mol. The molecule has 4 nitrogen and oxygen atoms in total. The number of aliphatic hydroxyl groups excluding tert-OH is 1. The Morgan fingerprint density at radius 3 is 2.67 bits per heavy atom. The number of aliphatic hydroxyl groups is 1. The largest absolute Gasteiger partial charge is 0.393 e. The number of halogens is 1. The van der Waals surface area contributed by atoms with Crippen molar-refractivity contribution in [2.75, 3.05) is 13.2 Å². The predicted octanol–water partition coefficient (Wildman–Crippen LogP) is 2.45. The lowest BCUT2D eigenvalue weighted by molar-refractivity contribution is 0.0877. The summed E-state index contributed by atoms with van der Waals surface area (Å²) < 4.78 is 7.12. The van der Waals surface area contributed by atoms with Gasteiger partial charge in [0.15, 0.2) is 0 Å². The SMILES string of the molecule is CCOCCC(O)Cc1c(Cl)c(CC)nn1CC. The fourth-order valence-corrected chi connectivity index (χ4v) is 2.25. The number of aromatic nitrogens is 2. The minimum Gasteiger partial charge on any atom is -0.393 e. The highest BCUT2D eigenvalue weighted by atomic mass is 35.5. The maximum absolute atomic E-state index is 9.98. The van der Waals surface area contributed by atoms with Crippen LogP contribution in [-0.4, -0.2) is 34.2 Å². The lowest BCUT2D eigenvalue weighted by Gasteiger charge is -2.12. The van der Waals surface area contributed by atoms with Crippen molar-refractivity contribution in [2.24, 2.45) is 0 Å². The molecule has 1 unspecified atom stereocenters. The summed E-state index contributed by atoms with van der Waals surface area (Å²) >= 11 is 6.29. The van der Waals surface area contributed by atoms with Gasteiger partial charge in [-0.2, -0.15) is 5.10 Å². The van der Waals surface area contributed by atoms with E-state index in [-0.39, 0.29) is 0 Å². The molecule has 0 saturated carbocycles. The summed E-state index contributed by atoms with van der Waals surface area (Å²) in [7, 11) is 0. The van der Waals surface area contributed by atoms with Crippen LogP contribution in [-0.2, 0) is 24.1 Å². The molecule has 5 heteroatoms. The van der Waals surface area contributed by atoms with Crippen LogP contribution < -0.4 is 0 Å². The summed E-state index contributed by atoms with van der Waals surface area (Å²) in [5.41, 5.74) is 1.84. The van der Waals surface area contributed by atoms with Crippen LogP contribution in [0.4, 0.5) is 0 Å². The minimum atomic E-state index is -0.430. The molecule has 0 radical (unpaired) electrons. The Balaban J connectivity index is 2.67. The van der Waals surface area contributed by atoms with Crippen molar-refractivity contribution in [3.8, 4) is 0 Å². The van der Waals surface area contributed by atoms with Crippen LogP contribution >= 0.6 is 11.6 Å². The van der Waals surface area contributed by atoms with Crippen LogP contribution in [0.2, 0.25) is 5.02 Å². The van der Waals surface area contributed by atoms with E-state index in [1.165, 1.54) is 0 Å². The van der Waals surface area contributed by atoms with E-state index in [2.05, 4.69) is 5.10 Å². The lowest BCUT2D eigenvalue weighted by atomic mass is 10.1. The molecule has 18 heavy (non-hydrogen) atoms. The van der Waals surface area contributed by atoms with Crippen LogP contribution in [0.3, 0.4) is 0 Å². The predicted molar refractivity (Wildman–Crippen MR) is 73.1 cm³/mol. The van der Waals surface area contributed by atoms with E-state index in [0.29, 0.717) is 31.1 Å². The molecule has 1 atom stereocenters. The van der Waals surface area contributed by atoms with Gasteiger partial charge in [0.25, 0.3) is 0 Å². The zero-order valence-corrected chi connectivity index (χ0v) is 12.2. The zero-order chi connectivity index (χ0) is 13.5. The standard InChI is InChI=1S/C13H23ClN2O2/c1-4-11-13(14)12(16(5-2)15-11)9-10(17)7-8-18-6-3/h10,17H,4-9H2,1-3H3. The van der Waals surface area contributed by atoms with E-state index in [0.717, 1.165) is 24.4 Å². The van der Waals surface area contributed by atoms with Crippen molar-refractivity contribution in [3.05, 3.63) is 16.4 Å². The molecule has 0 fully saturated rings. The third-order valence-electron chi connectivity index (χ3n) is 2.92. The molecule has 1 aromatic heterocycles. The first-order valence-electron chi connectivity index (χ1n) is 6.63. The average Bonchev–Trinajstić information content (AvgIpc) is 2.66. The van der Waals surface area contributed by atoms with E-state index in [4.69, 9.17) is 16.3 Å². The second-order valence-electron chi connectivity index (χ2n) is 4.22. The Bertz CT molecular complexity index is 366. The second-order valence-corrected chi connectivity index (χ2v) is 4.60. The summed E-state index contributed by atoms with van der Waals surface area (Å²) in [4.78, 5) is 0. The third kappa shape index (κ3) is 3.97. The molecule has 1 heterocycles.